The van der Waals surface area contributed by atoms with Crippen molar-refractivity contribution in [3.05, 3.63) is 55.7 Å². The van der Waals surface area contributed by atoms with Crippen molar-refractivity contribution in [1.29, 1.82) is 0 Å². The lowest BCUT2D eigenvalue weighted by Gasteiger charge is -2.09. The molecule has 2 aromatic heterocycles. The third-order valence-electron chi connectivity index (χ3n) is 4.57. The van der Waals surface area contributed by atoms with E-state index in [1.54, 1.807) is 42.9 Å². The standard InChI is InChI=1S/C19H23ClN6O2/c1-5-6-12(2)22-23-18-21-16-15(24(18)3)17(27)26(19(28)25(16)4)11-13-7-9-14(20)10-8-13/h7-10H,5-6,11H2,1-4H3,(H,21,23). The average Bonchev–Trinajstić information content (AvgIpc) is 3.00. The average molecular weight is 403 g/mol. The molecule has 0 fully saturated rings. The van der Waals surface area contributed by atoms with E-state index in [0.29, 0.717) is 22.1 Å². The molecule has 0 saturated carbocycles. The lowest BCUT2D eigenvalue weighted by atomic mass is 10.2. The van der Waals surface area contributed by atoms with Gasteiger partial charge >= 0.3 is 5.69 Å². The van der Waals surface area contributed by atoms with Crippen LogP contribution in [0.1, 0.15) is 32.3 Å². The maximum Gasteiger partial charge on any atom is 0.332 e. The van der Waals surface area contributed by atoms with Gasteiger partial charge in [0.15, 0.2) is 11.2 Å². The number of nitrogens with zero attached hydrogens (tertiary/aromatic N) is 5. The minimum absolute atomic E-state index is 0.153. The van der Waals surface area contributed by atoms with E-state index in [1.807, 2.05) is 6.92 Å². The van der Waals surface area contributed by atoms with Crippen LogP contribution < -0.4 is 16.7 Å². The predicted molar refractivity (Wildman–Crippen MR) is 112 cm³/mol. The zero-order valence-electron chi connectivity index (χ0n) is 16.4. The zero-order valence-corrected chi connectivity index (χ0v) is 17.1. The van der Waals surface area contributed by atoms with Gasteiger partial charge in [0.05, 0.1) is 6.54 Å². The Bertz CT molecular complexity index is 1150. The summed E-state index contributed by atoms with van der Waals surface area (Å²) >= 11 is 5.91. The number of hydrogen-bond acceptors (Lipinski definition) is 5. The van der Waals surface area contributed by atoms with E-state index < -0.39 is 11.2 Å². The molecule has 0 aliphatic rings. The quantitative estimate of drug-likeness (QED) is 0.507. The number of halogens is 1. The highest BCUT2D eigenvalue weighted by molar-refractivity contribution is 6.30. The Labute approximate surface area is 167 Å². The molecule has 3 aromatic rings. The maximum absolute atomic E-state index is 13.0. The van der Waals surface area contributed by atoms with E-state index in [4.69, 9.17) is 11.6 Å². The van der Waals surface area contributed by atoms with E-state index >= 15 is 0 Å². The summed E-state index contributed by atoms with van der Waals surface area (Å²) in [5.74, 6) is 0.404. The molecule has 0 saturated heterocycles. The molecule has 0 atom stereocenters. The monoisotopic (exact) mass is 402 g/mol. The van der Waals surface area contributed by atoms with Crippen molar-refractivity contribution in [2.75, 3.05) is 5.43 Å². The number of hydrazone groups is 1. The van der Waals surface area contributed by atoms with E-state index in [1.165, 1.54) is 9.13 Å². The van der Waals surface area contributed by atoms with Gasteiger partial charge in [0.25, 0.3) is 5.56 Å². The fraction of sp³-hybridized carbons (Fsp3) is 0.368. The van der Waals surface area contributed by atoms with Crippen LogP contribution in [0.15, 0.2) is 39.0 Å². The molecule has 0 aliphatic heterocycles. The fourth-order valence-corrected chi connectivity index (χ4v) is 3.14. The number of anilines is 1. The summed E-state index contributed by atoms with van der Waals surface area (Å²) in [6, 6.07) is 7.04. The van der Waals surface area contributed by atoms with Crippen LogP contribution in [0.2, 0.25) is 5.02 Å². The molecule has 0 spiro atoms. The molecule has 2 heterocycles. The van der Waals surface area contributed by atoms with Gasteiger partial charge < -0.3 is 4.57 Å². The second kappa shape index (κ2) is 8.02. The Morgan fingerprint density at radius 1 is 1.18 bits per heavy atom. The Morgan fingerprint density at radius 3 is 2.50 bits per heavy atom. The minimum Gasteiger partial charge on any atom is -0.306 e. The van der Waals surface area contributed by atoms with E-state index in [0.717, 1.165) is 24.1 Å². The molecule has 1 aromatic carbocycles. The Kier molecular flexibility index (Phi) is 5.69. The van der Waals surface area contributed by atoms with Gasteiger partial charge in [-0.2, -0.15) is 10.1 Å². The molecule has 1 N–H and O–H groups in total. The first kappa shape index (κ1) is 19.9. The molecule has 0 aliphatic carbocycles. The van der Waals surface area contributed by atoms with Crippen molar-refractivity contribution in [1.82, 2.24) is 18.7 Å². The van der Waals surface area contributed by atoms with Gasteiger partial charge in [-0.25, -0.2) is 10.2 Å². The van der Waals surface area contributed by atoms with Crippen molar-refractivity contribution in [2.24, 2.45) is 19.2 Å². The van der Waals surface area contributed by atoms with Gasteiger partial charge in [-0.05, 0) is 31.0 Å². The molecular weight excluding hydrogens is 380 g/mol. The van der Waals surface area contributed by atoms with Crippen LogP contribution in [-0.2, 0) is 20.6 Å². The molecule has 3 rings (SSSR count). The molecule has 0 radical (unpaired) electrons. The summed E-state index contributed by atoms with van der Waals surface area (Å²) in [6.45, 7) is 4.15. The molecule has 0 bridgehead atoms. The van der Waals surface area contributed by atoms with Crippen molar-refractivity contribution in [2.45, 2.75) is 33.2 Å². The van der Waals surface area contributed by atoms with Gasteiger partial charge in [0.2, 0.25) is 5.95 Å². The van der Waals surface area contributed by atoms with Gasteiger partial charge in [-0.15, -0.1) is 0 Å². The molecule has 8 nitrogen and oxygen atoms in total. The summed E-state index contributed by atoms with van der Waals surface area (Å²) in [6.07, 6.45) is 1.85. The van der Waals surface area contributed by atoms with Gasteiger partial charge in [-0.1, -0.05) is 37.1 Å². The minimum atomic E-state index is -0.428. The molecule has 28 heavy (non-hydrogen) atoms. The highest BCUT2D eigenvalue weighted by Crippen LogP contribution is 2.14. The summed E-state index contributed by atoms with van der Waals surface area (Å²) in [5.41, 5.74) is 4.47. The normalized spacial score (nSPS) is 12.0. The van der Waals surface area contributed by atoms with Crippen LogP contribution in [0.5, 0.6) is 0 Å². The van der Waals surface area contributed by atoms with Gasteiger partial charge in [-0.3, -0.25) is 13.9 Å². The highest BCUT2D eigenvalue weighted by atomic mass is 35.5. The first-order valence-electron chi connectivity index (χ1n) is 9.03. The largest absolute Gasteiger partial charge is 0.332 e. The van der Waals surface area contributed by atoms with Crippen molar-refractivity contribution in [3.63, 3.8) is 0 Å². The smallest absolute Gasteiger partial charge is 0.306 e. The van der Waals surface area contributed by atoms with Crippen LogP contribution >= 0.6 is 11.6 Å². The zero-order chi connectivity index (χ0) is 20.4. The number of benzene rings is 1. The molecule has 148 valence electrons. The number of imidazole rings is 1. The topological polar surface area (TPSA) is 86.2 Å². The fourth-order valence-electron chi connectivity index (χ4n) is 3.02. The van der Waals surface area contributed by atoms with Crippen LogP contribution in [-0.4, -0.2) is 24.4 Å². The highest BCUT2D eigenvalue weighted by Gasteiger charge is 2.18. The number of fused-ring (bicyclic) bond motifs is 1. The number of rotatable bonds is 6. The van der Waals surface area contributed by atoms with Crippen molar-refractivity contribution in [3.8, 4) is 0 Å². The summed E-state index contributed by atoms with van der Waals surface area (Å²) < 4.78 is 4.20. The summed E-state index contributed by atoms with van der Waals surface area (Å²) in [4.78, 5) is 30.2. The molecular formula is C19H23ClN6O2. The van der Waals surface area contributed by atoms with E-state index in [2.05, 4.69) is 22.4 Å². The number of hydrogen-bond donors (Lipinski definition) is 1. The Morgan fingerprint density at radius 2 is 1.86 bits per heavy atom. The number of nitrogens with one attached hydrogen (secondary N) is 1. The second-order valence-corrected chi connectivity index (χ2v) is 7.17. The first-order chi connectivity index (χ1) is 13.3. The van der Waals surface area contributed by atoms with Crippen LogP contribution in [0.4, 0.5) is 5.95 Å². The van der Waals surface area contributed by atoms with Gasteiger partial charge in [0.1, 0.15) is 0 Å². The lowest BCUT2D eigenvalue weighted by Crippen LogP contribution is -2.39. The summed E-state index contributed by atoms with van der Waals surface area (Å²) in [5, 5.41) is 4.89. The Hall–Kier alpha value is -2.87. The SMILES string of the molecule is CCCC(C)=NNc1nc2c(c(=O)n(Cc3ccc(Cl)cc3)c(=O)n2C)n1C. The molecule has 0 amide bonds. The van der Waals surface area contributed by atoms with E-state index in [9.17, 15) is 9.59 Å². The molecule has 9 heteroatoms. The third kappa shape index (κ3) is 3.73. The number of aryl methyl sites for hydroxylation is 2. The maximum atomic E-state index is 13.0. The van der Waals surface area contributed by atoms with Gasteiger partial charge in [0, 0.05) is 24.8 Å². The third-order valence-corrected chi connectivity index (χ3v) is 4.82. The Balaban J connectivity index is 2.09. The van der Waals surface area contributed by atoms with Crippen molar-refractivity contribution >= 4 is 34.4 Å². The van der Waals surface area contributed by atoms with Crippen molar-refractivity contribution < 1.29 is 0 Å². The van der Waals surface area contributed by atoms with E-state index in [-0.39, 0.29) is 6.54 Å². The van der Waals surface area contributed by atoms with Crippen LogP contribution in [0.25, 0.3) is 11.2 Å². The lowest BCUT2D eigenvalue weighted by molar-refractivity contribution is 0.655. The predicted octanol–water partition coefficient (Wildman–Crippen LogP) is 2.72. The summed E-state index contributed by atoms with van der Waals surface area (Å²) in [7, 11) is 3.33. The first-order valence-corrected chi connectivity index (χ1v) is 9.41. The van der Waals surface area contributed by atoms with Crippen LogP contribution in [0, 0.1) is 0 Å². The second-order valence-electron chi connectivity index (χ2n) is 6.73. The number of aromatic nitrogens is 4. The van der Waals surface area contributed by atoms with Crippen LogP contribution in [0.3, 0.4) is 0 Å². The molecule has 0 unspecified atom stereocenters.